The van der Waals surface area contributed by atoms with Gasteiger partial charge in [-0.25, -0.2) is 0 Å². The van der Waals surface area contributed by atoms with Gasteiger partial charge in [-0.2, -0.15) is 0 Å². The monoisotopic (exact) mass is 235 g/mol. The Morgan fingerprint density at radius 3 is 2.94 bits per heavy atom. The van der Waals surface area contributed by atoms with E-state index in [1.807, 2.05) is 0 Å². The third-order valence-corrected chi connectivity index (χ3v) is 2.38. The molecule has 0 aliphatic rings. The molecule has 2 rings (SSSR count). The van der Waals surface area contributed by atoms with E-state index >= 15 is 0 Å². The fourth-order valence-corrected chi connectivity index (χ4v) is 1.45. The molecular weight excluding hydrogens is 222 g/mol. The Morgan fingerprint density at radius 1 is 1.41 bits per heavy atom. The van der Waals surface area contributed by atoms with Gasteiger partial charge in [0.15, 0.2) is 5.76 Å². The highest BCUT2D eigenvalue weighted by Gasteiger charge is 2.11. The Bertz CT molecular complexity index is 447. The van der Waals surface area contributed by atoms with Gasteiger partial charge in [0, 0.05) is 12.1 Å². The average molecular weight is 235 g/mol. The SMILES string of the molecule is O=C(NCC[C@H](O)c1ccoc1)c1ccco1. The van der Waals surface area contributed by atoms with Crippen molar-refractivity contribution in [2.24, 2.45) is 0 Å². The maximum atomic E-state index is 11.5. The van der Waals surface area contributed by atoms with E-state index in [9.17, 15) is 9.90 Å². The molecule has 5 nitrogen and oxygen atoms in total. The number of hydrogen-bond acceptors (Lipinski definition) is 4. The number of nitrogens with one attached hydrogen (secondary N) is 1. The van der Waals surface area contributed by atoms with Crippen LogP contribution in [0.1, 0.15) is 28.6 Å². The van der Waals surface area contributed by atoms with Crippen LogP contribution in [-0.4, -0.2) is 17.6 Å². The van der Waals surface area contributed by atoms with Gasteiger partial charge in [-0.3, -0.25) is 4.79 Å². The molecule has 0 aromatic carbocycles. The molecule has 2 aromatic heterocycles. The van der Waals surface area contributed by atoms with Crippen molar-refractivity contribution in [2.75, 3.05) is 6.54 Å². The molecule has 1 atom stereocenters. The summed E-state index contributed by atoms with van der Waals surface area (Å²) in [6.07, 6.45) is 4.21. The molecule has 17 heavy (non-hydrogen) atoms. The molecular formula is C12H13NO4. The second kappa shape index (κ2) is 5.36. The Morgan fingerprint density at radius 2 is 2.29 bits per heavy atom. The van der Waals surface area contributed by atoms with Crippen LogP contribution in [0.2, 0.25) is 0 Å². The molecule has 2 aromatic rings. The summed E-state index contributed by atoms with van der Waals surface area (Å²) < 4.78 is 9.80. The van der Waals surface area contributed by atoms with Crippen LogP contribution in [0.15, 0.2) is 45.8 Å². The van der Waals surface area contributed by atoms with E-state index in [-0.39, 0.29) is 11.7 Å². The van der Waals surface area contributed by atoms with Crippen LogP contribution in [0.4, 0.5) is 0 Å². The highest BCUT2D eigenvalue weighted by atomic mass is 16.3. The summed E-state index contributed by atoms with van der Waals surface area (Å²) in [6.45, 7) is 0.367. The molecule has 0 unspecified atom stereocenters. The Labute approximate surface area is 98.0 Å². The number of amides is 1. The van der Waals surface area contributed by atoms with Gasteiger partial charge in [0.05, 0.1) is 24.9 Å². The van der Waals surface area contributed by atoms with Crippen molar-refractivity contribution in [1.82, 2.24) is 5.32 Å². The third kappa shape index (κ3) is 2.98. The molecule has 0 spiro atoms. The number of aliphatic hydroxyl groups excluding tert-OH is 1. The minimum Gasteiger partial charge on any atom is -0.472 e. The van der Waals surface area contributed by atoms with Crippen LogP contribution < -0.4 is 5.32 Å². The zero-order valence-electron chi connectivity index (χ0n) is 9.13. The molecule has 0 fully saturated rings. The van der Waals surface area contributed by atoms with Gasteiger partial charge in [-0.05, 0) is 24.6 Å². The maximum Gasteiger partial charge on any atom is 0.286 e. The largest absolute Gasteiger partial charge is 0.472 e. The smallest absolute Gasteiger partial charge is 0.286 e. The molecule has 0 aliphatic carbocycles. The molecule has 0 radical (unpaired) electrons. The second-order valence-corrected chi connectivity index (χ2v) is 3.59. The van der Waals surface area contributed by atoms with E-state index in [1.54, 1.807) is 18.2 Å². The number of furan rings is 2. The van der Waals surface area contributed by atoms with Crippen molar-refractivity contribution in [2.45, 2.75) is 12.5 Å². The lowest BCUT2D eigenvalue weighted by atomic mass is 10.1. The fourth-order valence-electron chi connectivity index (χ4n) is 1.45. The van der Waals surface area contributed by atoms with E-state index in [1.165, 1.54) is 18.8 Å². The van der Waals surface area contributed by atoms with Crippen molar-refractivity contribution >= 4 is 5.91 Å². The highest BCUT2D eigenvalue weighted by Crippen LogP contribution is 2.15. The first-order chi connectivity index (χ1) is 8.27. The topological polar surface area (TPSA) is 75.6 Å². The predicted molar refractivity (Wildman–Crippen MR) is 59.3 cm³/mol. The maximum absolute atomic E-state index is 11.5. The zero-order valence-corrected chi connectivity index (χ0v) is 9.13. The standard InChI is InChI=1S/C12H13NO4/c14-10(9-4-7-16-8-9)3-5-13-12(15)11-2-1-6-17-11/h1-2,4,6-8,10,14H,3,5H2,(H,13,15)/t10-/m0/s1. The zero-order chi connectivity index (χ0) is 12.1. The molecule has 90 valence electrons. The molecule has 1 amide bonds. The number of aliphatic hydroxyl groups is 1. The highest BCUT2D eigenvalue weighted by molar-refractivity contribution is 5.91. The van der Waals surface area contributed by atoms with Crippen molar-refractivity contribution in [3.63, 3.8) is 0 Å². The molecule has 5 heteroatoms. The molecule has 2 N–H and O–H groups in total. The third-order valence-electron chi connectivity index (χ3n) is 2.38. The lowest BCUT2D eigenvalue weighted by Gasteiger charge is -2.08. The summed E-state index contributed by atoms with van der Waals surface area (Å²) in [5, 5.41) is 12.4. The summed E-state index contributed by atoms with van der Waals surface area (Å²) in [5.41, 5.74) is 0.706. The minimum atomic E-state index is -0.634. The number of carbonyl (C=O) groups excluding carboxylic acids is 1. The Balaban J connectivity index is 1.75. The van der Waals surface area contributed by atoms with E-state index < -0.39 is 6.10 Å². The summed E-state index contributed by atoms with van der Waals surface area (Å²) in [4.78, 5) is 11.5. The van der Waals surface area contributed by atoms with Crippen LogP contribution in [0.3, 0.4) is 0 Å². The van der Waals surface area contributed by atoms with Crippen molar-refractivity contribution < 1.29 is 18.7 Å². The van der Waals surface area contributed by atoms with Crippen LogP contribution >= 0.6 is 0 Å². The lowest BCUT2D eigenvalue weighted by Crippen LogP contribution is -2.25. The molecule has 0 bridgehead atoms. The molecule has 0 aliphatic heterocycles. The van der Waals surface area contributed by atoms with Gasteiger partial charge in [-0.1, -0.05) is 0 Å². The predicted octanol–water partition coefficient (Wildman–Crippen LogP) is 1.73. The van der Waals surface area contributed by atoms with Gasteiger partial charge < -0.3 is 19.3 Å². The number of carbonyl (C=O) groups is 1. The normalized spacial score (nSPS) is 12.3. The quantitative estimate of drug-likeness (QED) is 0.827. The first-order valence-electron chi connectivity index (χ1n) is 5.29. The lowest BCUT2D eigenvalue weighted by molar-refractivity contribution is 0.0915. The van der Waals surface area contributed by atoms with Gasteiger partial charge in [-0.15, -0.1) is 0 Å². The summed E-state index contributed by atoms with van der Waals surface area (Å²) in [6, 6.07) is 4.93. The molecule has 0 saturated carbocycles. The Hall–Kier alpha value is -2.01. The van der Waals surface area contributed by atoms with Crippen molar-refractivity contribution in [1.29, 1.82) is 0 Å². The van der Waals surface area contributed by atoms with E-state index in [4.69, 9.17) is 8.83 Å². The van der Waals surface area contributed by atoms with Gasteiger partial charge >= 0.3 is 0 Å². The van der Waals surface area contributed by atoms with Crippen LogP contribution in [0, 0.1) is 0 Å². The van der Waals surface area contributed by atoms with Crippen molar-refractivity contribution in [3.05, 3.63) is 48.3 Å². The van der Waals surface area contributed by atoms with E-state index in [2.05, 4.69) is 5.32 Å². The van der Waals surface area contributed by atoms with Crippen LogP contribution in [0.5, 0.6) is 0 Å². The second-order valence-electron chi connectivity index (χ2n) is 3.59. The number of hydrogen-bond donors (Lipinski definition) is 2. The average Bonchev–Trinajstić information content (AvgIpc) is 3.02. The van der Waals surface area contributed by atoms with Gasteiger partial charge in [0.2, 0.25) is 0 Å². The van der Waals surface area contributed by atoms with E-state index in [0.29, 0.717) is 18.5 Å². The van der Waals surface area contributed by atoms with Crippen LogP contribution in [-0.2, 0) is 0 Å². The Kier molecular flexibility index (Phi) is 3.62. The van der Waals surface area contributed by atoms with Crippen LogP contribution in [0.25, 0.3) is 0 Å². The summed E-state index contributed by atoms with van der Waals surface area (Å²) >= 11 is 0. The minimum absolute atomic E-state index is 0.266. The van der Waals surface area contributed by atoms with Gasteiger partial charge in [0.1, 0.15) is 0 Å². The first-order valence-corrected chi connectivity index (χ1v) is 5.29. The van der Waals surface area contributed by atoms with E-state index in [0.717, 1.165) is 0 Å². The summed E-state index contributed by atoms with van der Waals surface area (Å²) in [5.74, 6) is -0.0165. The van der Waals surface area contributed by atoms with Crippen molar-refractivity contribution in [3.8, 4) is 0 Å². The molecule has 0 saturated heterocycles. The fraction of sp³-hybridized carbons (Fsp3) is 0.250. The summed E-state index contributed by atoms with van der Waals surface area (Å²) in [7, 11) is 0. The molecule has 2 heterocycles. The first kappa shape index (κ1) is 11.5. The number of rotatable bonds is 5. The van der Waals surface area contributed by atoms with Gasteiger partial charge in [0.25, 0.3) is 5.91 Å².